The number of aromatic nitrogens is 1. The first kappa shape index (κ1) is 10.3. The quantitative estimate of drug-likeness (QED) is 0.839. The molecule has 2 aliphatic rings. The van der Waals surface area contributed by atoms with Crippen LogP contribution in [0.3, 0.4) is 0 Å². The molecule has 1 aromatic rings. The number of rotatable bonds is 2. The van der Waals surface area contributed by atoms with E-state index in [4.69, 9.17) is 0 Å². The lowest BCUT2D eigenvalue weighted by molar-refractivity contribution is 0.365. The third-order valence-electron chi connectivity index (χ3n) is 3.54. The number of hydrogen-bond donors (Lipinski definition) is 1. The second kappa shape index (κ2) is 3.86. The number of halogens is 1. The summed E-state index contributed by atoms with van der Waals surface area (Å²) in [4.78, 5) is 6.78. The van der Waals surface area contributed by atoms with Crippen molar-refractivity contribution < 1.29 is 0 Å². The van der Waals surface area contributed by atoms with E-state index in [0.717, 1.165) is 29.2 Å². The Kier molecular flexibility index (Phi) is 2.48. The maximum atomic E-state index is 4.35. The lowest BCUT2D eigenvalue weighted by Crippen LogP contribution is -2.55. The molecule has 1 N–H and O–H groups in total. The highest BCUT2D eigenvalue weighted by Crippen LogP contribution is 2.34. The Hall–Kier alpha value is -0.870. The molecule has 0 amide bonds. The SMILES string of the molecule is C=Cc1cc(N2C[C@H]3CNC[C@H]32)cnc1Br. The van der Waals surface area contributed by atoms with Crippen molar-refractivity contribution in [3.63, 3.8) is 0 Å². The highest BCUT2D eigenvalue weighted by atomic mass is 79.9. The molecule has 3 heterocycles. The van der Waals surface area contributed by atoms with E-state index in [1.165, 1.54) is 12.2 Å². The monoisotopic (exact) mass is 279 g/mol. The molecular weight excluding hydrogens is 266 g/mol. The Bertz CT molecular complexity index is 432. The third kappa shape index (κ3) is 1.48. The van der Waals surface area contributed by atoms with Crippen molar-refractivity contribution in [1.29, 1.82) is 0 Å². The third-order valence-corrected chi connectivity index (χ3v) is 4.20. The zero-order valence-electron chi connectivity index (χ0n) is 8.99. The van der Waals surface area contributed by atoms with E-state index in [1.807, 2.05) is 12.3 Å². The van der Waals surface area contributed by atoms with Crippen LogP contribution in [0.5, 0.6) is 0 Å². The van der Waals surface area contributed by atoms with Gasteiger partial charge in [0.25, 0.3) is 0 Å². The van der Waals surface area contributed by atoms with Crippen molar-refractivity contribution in [3.8, 4) is 0 Å². The van der Waals surface area contributed by atoms with Crippen LogP contribution in [0, 0.1) is 5.92 Å². The van der Waals surface area contributed by atoms with E-state index in [0.29, 0.717) is 6.04 Å². The molecule has 16 heavy (non-hydrogen) atoms. The summed E-state index contributed by atoms with van der Waals surface area (Å²) in [5.41, 5.74) is 2.27. The van der Waals surface area contributed by atoms with Gasteiger partial charge in [-0.1, -0.05) is 12.7 Å². The van der Waals surface area contributed by atoms with Crippen molar-refractivity contribution in [1.82, 2.24) is 10.3 Å². The van der Waals surface area contributed by atoms with Gasteiger partial charge in [0.05, 0.1) is 11.9 Å². The average Bonchev–Trinajstić information content (AvgIpc) is 2.63. The number of hydrogen-bond acceptors (Lipinski definition) is 3. The van der Waals surface area contributed by atoms with Gasteiger partial charge in [0.15, 0.2) is 0 Å². The summed E-state index contributed by atoms with van der Waals surface area (Å²) in [5.74, 6) is 0.829. The molecule has 0 radical (unpaired) electrons. The van der Waals surface area contributed by atoms with Gasteiger partial charge in [-0.2, -0.15) is 0 Å². The van der Waals surface area contributed by atoms with E-state index < -0.39 is 0 Å². The normalized spacial score (nSPS) is 27.4. The molecule has 4 heteroatoms. The largest absolute Gasteiger partial charge is 0.365 e. The van der Waals surface area contributed by atoms with E-state index in [9.17, 15) is 0 Å². The van der Waals surface area contributed by atoms with Crippen LogP contribution in [0.4, 0.5) is 5.69 Å². The summed E-state index contributed by atoms with van der Waals surface area (Å²) in [6.45, 7) is 7.22. The molecule has 2 aliphatic heterocycles. The van der Waals surface area contributed by atoms with Gasteiger partial charge in [0.2, 0.25) is 0 Å². The van der Waals surface area contributed by atoms with E-state index in [2.05, 4.69) is 43.8 Å². The van der Waals surface area contributed by atoms with Gasteiger partial charge in [-0.05, 0) is 22.0 Å². The summed E-state index contributed by atoms with van der Waals surface area (Å²) < 4.78 is 0.868. The second-order valence-corrected chi connectivity index (χ2v) is 5.17. The summed E-state index contributed by atoms with van der Waals surface area (Å²) in [5, 5.41) is 3.43. The van der Waals surface area contributed by atoms with Crippen LogP contribution in [-0.2, 0) is 0 Å². The van der Waals surface area contributed by atoms with E-state index in [1.54, 1.807) is 0 Å². The van der Waals surface area contributed by atoms with Crippen molar-refractivity contribution in [3.05, 3.63) is 29.0 Å². The van der Waals surface area contributed by atoms with E-state index >= 15 is 0 Å². The Labute approximate surface area is 104 Å². The molecule has 3 rings (SSSR count). The van der Waals surface area contributed by atoms with Crippen LogP contribution >= 0.6 is 15.9 Å². The van der Waals surface area contributed by atoms with Crippen molar-refractivity contribution in [2.75, 3.05) is 24.5 Å². The van der Waals surface area contributed by atoms with Gasteiger partial charge in [0.1, 0.15) is 4.60 Å². The molecule has 1 aromatic heterocycles. The lowest BCUT2D eigenvalue weighted by atomic mass is 9.91. The van der Waals surface area contributed by atoms with Gasteiger partial charge in [-0.15, -0.1) is 0 Å². The van der Waals surface area contributed by atoms with Crippen LogP contribution in [0.15, 0.2) is 23.4 Å². The van der Waals surface area contributed by atoms with Crippen molar-refractivity contribution in [2.45, 2.75) is 6.04 Å². The zero-order valence-corrected chi connectivity index (χ0v) is 10.6. The Morgan fingerprint density at radius 3 is 3.19 bits per heavy atom. The molecule has 2 saturated heterocycles. The molecule has 0 spiro atoms. The minimum Gasteiger partial charge on any atom is -0.365 e. The summed E-state index contributed by atoms with van der Waals surface area (Å²) in [6, 6.07) is 2.82. The minimum atomic E-state index is 0.667. The first-order valence-electron chi connectivity index (χ1n) is 5.55. The summed E-state index contributed by atoms with van der Waals surface area (Å²) in [7, 11) is 0. The number of pyridine rings is 1. The Morgan fingerprint density at radius 2 is 2.44 bits per heavy atom. The van der Waals surface area contributed by atoms with E-state index in [-0.39, 0.29) is 0 Å². The standard InChI is InChI=1S/C12H14BrN3/c1-2-8-3-10(5-15-12(8)13)16-7-9-4-14-6-11(9)16/h2-3,5,9,11,14H,1,4,6-7H2/t9-,11-/m1/s1. The van der Waals surface area contributed by atoms with Gasteiger partial charge in [0, 0.05) is 37.2 Å². The maximum Gasteiger partial charge on any atom is 0.113 e. The van der Waals surface area contributed by atoms with Crippen LogP contribution in [0.2, 0.25) is 0 Å². The van der Waals surface area contributed by atoms with Crippen LogP contribution in [0.25, 0.3) is 6.08 Å². The van der Waals surface area contributed by atoms with Crippen molar-refractivity contribution >= 4 is 27.7 Å². The molecule has 0 aliphatic carbocycles. The lowest BCUT2D eigenvalue weighted by Gasteiger charge is -2.45. The number of anilines is 1. The Morgan fingerprint density at radius 1 is 1.56 bits per heavy atom. The molecule has 84 valence electrons. The number of nitrogens with zero attached hydrogens (tertiary/aromatic N) is 2. The summed E-state index contributed by atoms with van der Waals surface area (Å²) in [6.07, 6.45) is 3.77. The molecular formula is C12H14BrN3. The molecule has 0 saturated carbocycles. The molecule has 2 atom stereocenters. The molecule has 2 fully saturated rings. The second-order valence-electron chi connectivity index (χ2n) is 4.42. The molecule has 0 aromatic carbocycles. The fourth-order valence-corrected chi connectivity index (χ4v) is 2.95. The zero-order chi connectivity index (χ0) is 11.1. The van der Waals surface area contributed by atoms with Crippen LogP contribution < -0.4 is 10.2 Å². The van der Waals surface area contributed by atoms with Crippen LogP contribution in [-0.4, -0.2) is 30.7 Å². The molecule has 0 unspecified atom stereocenters. The smallest absolute Gasteiger partial charge is 0.113 e. The van der Waals surface area contributed by atoms with Gasteiger partial charge in [-0.25, -0.2) is 4.98 Å². The fraction of sp³-hybridized carbons (Fsp3) is 0.417. The molecule has 3 nitrogen and oxygen atoms in total. The topological polar surface area (TPSA) is 28.2 Å². The van der Waals surface area contributed by atoms with Crippen LogP contribution in [0.1, 0.15) is 5.56 Å². The highest BCUT2D eigenvalue weighted by molar-refractivity contribution is 9.10. The predicted octanol–water partition coefficient (Wildman–Crippen LogP) is 1.90. The highest BCUT2D eigenvalue weighted by Gasteiger charge is 2.42. The minimum absolute atomic E-state index is 0.667. The number of fused-ring (bicyclic) bond motifs is 1. The molecule has 0 bridgehead atoms. The first-order chi connectivity index (χ1) is 7.79. The maximum absolute atomic E-state index is 4.35. The average molecular weight is 280 g/mol. The Balaban J connectivity index is 1.87. The fourth-order valence-electron chi connectivity index (χ4n) is 2.57. The number of nitrogens with one attached hydrogen (secondary N) is 1. The van der Waals surface area contributed by atoms with Gasteiger partial charge >= 0.3 is 0 Å². The van der Waals surface area contributed by atoms with Gasteiger partial charge < -0.3 is 10.2 Å². The first-order valence-corrected chi connectivity index (χ1v) is 6.34. The predicted molar refractivity (Wildman–Crippen MR) is 69.5 cm³/mol. The van der Waals surface area contributed by atoms with Gasteiger partial charge in [-0.3, -0.25) is 0 Å². The van der Waals surface area contributed by atoms with Crippen molar-refractivity contribution in [2.24, 2.45) is 5.92 Å². The summed E-state index contributed by atoms with van der Waals surface area (Å²) >= 11 is 3.42.